The number of amides is 1. The predicted molar refractivity (Wildman–Crippen MR) is 114 cm³/mol. The number of pyridine rings is 1. The van der Waals surface area contributed by atoms with E-state index in [1.54, 1.807) is 17.2 Å². The smallest absolute Gasteiger partial charge is 0.344 e. The lowest BCUT2D eigenvalue weighted by Gasteiger charge is -2.35. The fourth-order valence-corrected chi connectivity index (χ4v) is 3.84. The van der Waals surface area contributed by atoms with E-state index in [0.717, 1.165) is 17.8 Å². The van der Waals surface area contributed by atoms with Gasteiger partial charge < -0.3 is 24.0 Å². The molecule has 2 aliphatic rings. The van der Waals surface area contributed by atoms with Crippen LogP contribution in [-0.2, 0) is 20.7 Å². The van der Waals surface area contributed by atoms with Crippen molar-refractivity contribution < 1.29 is 23.8 Å². The number of rotatable bonds is 6. The van der Waals surface area contributed by atoms with Gasteiger partial charge in [0.15, 0.2) is 24.7 Å². The number of piperazine rings is 1. The van der Waals surface area contributed by atoms with Crippen LogP contribution in [-0.4, -0.2) is 66.8 Å². The second kappa shape index (κ2) is 8.83. The summed E-state index contributed by atoms with van der Waals surface area (Å²) >= 11 is 0. The highest BCUT2D eigenvalue weighted by molar-refractivity contribution is 5.81. The molecule has 0 aliphatic carbocycles. The maximum atomic E-state index is 12.4. The van der Waals surface area contributed by atoms with E-state index in [-0.39, 0.29) is 24.7 Å². The number of benzene rings is 1. The molecule has 1 aromatic heterocycles. The number of carbonyl (C=O) groups is 2. The van der Waals surface area contributed by atoms with Crippen molar-refractivity contribution in [2.24, 2.45) is 0 Å². The standard InChI is InChI=1S/C23H27N3O5/c1-23(2)14-17-6-5-7-18(22(17)31-23)29-16-21(28)30-15-20(27)26-12-10-25(11-13-26)19-8-3-4-9-24-19/h3-9H,10-16H2,1-2H3. The molecule has 4 rings (SSSR count). The van der Waals surface area contributed by atoms with Crippen LogP contribution in [0.5, 0.6) is 11.5 Å². The van der Waals surface area contributed by atoms with Gasteiger partial charge in [0.2, 0.25) is 0 Å². The Morgan fingerprint density at radius 1 is 1.06 bits per heavy atom. The van der Waals surface area contributed by atoms with Gasteiger partial charge in [-0.25, -0.2) is 9.78 Å². The van der Waals surface area contributed by atoms with Crippen molar-refractivity contribution in [2.75, 3.05) is 44.3 Å². The second-order valence-electron chi connectivity index (χ2n) is 8.29. The molecule has 0 bridgehead atoms. The summed E-state index contributed by atoms with van der Waals surface area (Å²) in [6.07, 6.45) is 2.54. The molecule has 0 spiro atoms. The zero-order valence-electron chi connectivity index (χ0n) is 17.9. The first-order valence-electron chi connectivity index (χ1n) is 10.4. The number of fused-ring (bicyclic) bond motifs is 1. The molecule has 0 N–H and O–H groups in total. The van der Waals surface area contributed by atoms with E-state index in [4.69, 9.17) is 14.2 Å². The Kier molecular flexibility index (Phi) is 5.97. The highest BCUT2D eigenvalue weighted by atomic mass is 16.6. The summed E-state index contributed by atoms with van der Waals surface area (Å²) in [6, 6.07) is 11.4. The van der Waals surface area contributed by atoms with Crippen molar-refractivity contribution in [1.29, 1.82) is 0 Å². The molecule has 0 radical (unpaired) electrons. The number of para-hydroxylation sites is 1. The summed E-state index contributed by atoms with van der Waals surface area (Å²) in [7, 11) is 0. The van der Waals surface area contributed by atoms with Crippen LogP contribution in [0.1, 0.15) is 19.4 Å². The first kappa shape index (κ1) is 21.0. The van der Waals surface area contributed by atoms with Gasteiger partial charge in [0.05, 0.1) is 0 Å². The summed E-state index contributed by atoms with van der Waals surface area (Å²) < 4.78 is 16.7. The van der Waals surface area contributed by atoms with Crippen molar-refractivity contribution in [3.8, 4) is 11.5 Å². The lowest BCUT2D eigenvalue weighted by atomic mass is 10.0. The summed E-state index contributed by atoms with van der Waals surface area (Å²) in [6.45, 7) is 5.95. The summed E-state index contributed by atoms with van der Waals surface area (Å²) in [5.74, 6) is 1.28. The molecule has 0 atom stereocenters. The Labute approximate surface area is 181 Å². The predicted octanol–water partition coefficient (Wildman–Crippen LogP) is 2.07. The average Bonchev–Trinajstić information content (AvgIpc) is 3.11. The fraction of sp³-hybridized carbons (Fsp3) is 0.435. The van der Waals surface area contributed by atoms with E-state index < -0.39 is 5.97 Å². The molecule has 1 amide bonds. The van der Waals surface area contributed by atoms with E-state index in [0.29, 0.717) is 37.7 Å². The number of anilines is 1. The molecule has 164 valence electrons. The highest BCUT2D eigenvalue weighted by Gasteiger charge is 2.32. The molecule has 2 aliphatic heterocycles. The van der Waals surface area contributed by atoms with Crippen molar-refractivity contribution in [3.05, 3.63) is 48.2 Å². The van der Waals surface area contributed by atoms with E-state index in [1.807, 2.05) is 44.2 Å². The van der Waals surface area contributed by atoms with Crippen LogP contribution in [0.3, 0.4) is 0 Å². The topological polar surface area (TPSA) is 81.2 Å². The lowest BCUT2D eigenvalue weighted by Crippen LogP contribution is -2.50. The van der Waals surface area contributed by atoms with Gasteiger partial charge in [-0.2, -0.15) is 0 Å². The summed E-state index contributed by atoms with van der Waals surface area (Å²) in [5.41, 5.74) is 0.755. The average molecular weight is 425 g/mol. The van der Waals surface area contributed by atoms with Crippen LogP contribution < -0.4 is 14.4 Å². The van der Waals surface area contributed by atoms with Crippen LogP contribution in [0.2, 0.25) is 0 Å². The minimum atomic E-state index is -0.588. The number of ether oxygens (including phenoxy) is 3. The molecule has 8 nitrogen and oxygen atoms in total. The lowest BCUT2D eigenvalue weighted by molar-refractivity contribution is -0.153. The monoisotopic (exact) mass is 425 g/mol. The van der Waals surface area contributed by atoms with Crippen molar-refractivity contribution in [2.45, 2.75) is 25.9 Å². The molecular formula is C23H27N3O5. The van der Waals surface area contributed by atoms with Crippen LogP contribution in [0.4, 0.5) is 5.82 Å². The van der Waals surface area contributed by atoms with Crippen LogP contribution >= 0.6 is 0 Å². The maximum absolute atomic E-state index is 12.4. The zero-order valence-corrected chi connectivity index (χ0v) is 17.9. The van der Waals surface area contributed by atoms with Crippen molar-refractivity contribution in [3.63, 3.8) is 0 Å². The molecule has 1 aromatic carbocycles. The molecule has 2 aromatic rings. The first-order valence-corrected chi connectivity index (χ1v) is 10.4. The van der Waals surface area contributed by atoms with Crippen LogP contribution in [0, 0.1) is 0 Å². The number of carbonyl (C=O) groups excluding carboxylic acids is 2. The van der Waals surface area contributed by atoms with Gasteiger partial charge in [0, 0.05) is 44.4 Å². The van der Waals surface area contributed by atoms with Crippen LogP contribution in [0.25, 0.3) is 0 Å². The van der Waals surface area contributed by atoms with Crippen molar-refractivity contribution >= 4 is 17.7 Å². The first-order chi connectivity index (χ1) is 14.9. The van der Waals surface area contributed by atoms with E-state index in [2.05, 4.69) is 9.88 Å². The molecule has 0 unspecified atom stereocenters. The van der Waals surface area contributed by atoms with Crippen molar-refractivity contribution in [1.82, 2.24) is 9.88 Å². The Bertz CT molecular complexity index is 939. The molecule has 1 saturated heterocycles. The number of nitrogens with zero attached hydrogens (tertiary/aromatic N) is 3. The van der Waals surface area contributed by atoms with Gasteiger partial charge >= 0.3 is 5.97 Å². The summed E-state index contributed by atoms with van der Waals surface area (Å²) in [5, 5.41) is 0. The molecule has 3 heterocycles. The molecule has 31 heavy (non-hydrogen) atoms. The number of hydrogen-bond acceptors (Lipinski definition) is 7. The molecule has 8 heteroatoms. The third-order valence-corrected chi connectivity index (χ3v) is 5.36. The zero-order chi connectivity index (χ0) is 21.8. The Morgan fingerprint density at radius 3 is 2.61 bits per heavy atom. The van der Waals surface area contributed by atoms with Gasteiger partial charge in [-0.05, 0) is 32.0 Å². The Morgan fingerprint density at radius 2 is 1.87 bits per heavy atom. The minimum absolute atomic E-state index is 0.209. The number of esters is 1. The maximum Gasteiger partial charge on any atom is 0.344 e. The third-order valence-electron chi connectivity index (χ3n) is 5.36. The van der Waals surface area contributed by atoms with Gasteiger partial charge in [-0.15, -0.1) is 0 Å². The van der Waals surface area contributed by atoms with Gasteiger partial charge in [-0.1, -0.05) is 18.2 Å². The third kappa shape index (κ3) is 5.07. The number of hydrogen-bond donors (Lipinski definition) is 0. The van der Waals surface area contributed by atoms with E-state index >= 15 is 0 Å². The van der Waals surface area contributed by atoms with Gasteiger partial charge in [-0.3, -0.25) is 4.79 Å². The van der Waals surface area contributed by atoms with E-state index in [9.17, 15) is 9.59 Å². The molecule has 1 fully saturated rings. The van der Waals surface area contributed by atoms with Crippen LogP contribution in [0.15, 0.2) is 42.6 Å². The Hall–Kier alpha value is -3.29. The normalized spacial score (nSPS) is 17.0. The van der Waals surface area contributed by atoms with Gasteiger partial charge in [0.25, 0.3) is 5.91 Å². The minimum Gasteiger partial charge on any atom is -0.483 e. The summed E-state index contributed by atoms with van der Waals surface area (Å²) in [4.78, 5) is 32.7. The highest BCUT2D eigenvalue weighted by Crippen LogP contribution is 2.41. The SMILES string of the molecule is CC1(C)Cc2cccc(OCC(=O)OCC(=O)N3CCN(c4ccccn4)CC3)c2O1. The molecular weight excluding hydrogens is 398 g/mol. The van der Waals surface area contributed by atoms with E-state index in [1.165, 1.54) is 0 Å². The fourth-order valence-electron chi connectivity index (χ4n) is 3.84. The molecule has 0 saturated carbocycles. The largest absolute Gasteiger partial charge is 0.483 e. The second-order valence-corrected chi connectivity index (χ2v) is 8.29. The Balaban J connectivity index is 1.21. The number of aromatic nitrogens is 1. The quantitative estimate of drug-likeness (QED) is 0.656. The van der Waals surface area contributed by atoms with Gasteiger partial charge in [0.1, 0.15) is 11.4 Å².